The lowest BCUT2D eigenvalue weighted by molar-refractivity contribution is -0.144. The van der Waals surface area contributed by atoms with Gasteiger partial charge in [-0.2, -0.15) is 0 Å². The maximum absolute atomic E-state index is 11.5. The number of amides is 2. The third-order valence-corrected chi connectivity index (χ3v) is 2.89. The topological polar surface area (TPSA) is 78.4 Å². The van der Waals surface area contributed by atoms with Crippen molar-refractivity contribution in [1.29, 1.82) is 0 Å². The van der Waals surface area contributed by atoms with Crippen molar-refractivity contribution < 1.29 is 14.7 Å². The number of nitrogens with one attached hydrogen (secondary N) is 2. The van der Waals surface area contributed by atoms with Crippen molar-refractivity contribution in [2.75, 3.05) is 6.54 Å². The predicted molar refractivity (Wildman–Crippen MR) is 60.2 cm³/mol. The number of hydrogen-bond donors (Lipinski definition) is 3. The Kier molecular flexibility index (Phi) is 4.15. The van der Waals surface area contributed by atoms with Crippen LogP contribution in [0.1, 0.15) is 39.5 Å². The summed E-state index contributed by atoms with van der Waals surface area (Å²) in [4.78, 5) is 22.7. The van der Waals surface area contributed by atoms with Crippen LogP contribution < -0.4 is 10.6 Å². The Morgan fingerprint density at radius 2 is 1.88 bits per heavy atom. The van der Waals surface area contributed by atoms with Crippen molar-refractivity contribution in [2.24, 2.45) is 5.92 Å². The molecule has 0 aliphatic heterocycles. The van der Waals surface area contributed by atoms with Gasteiger partial charge in [-0.1, -0.05) is 26.7 Å². The molecular formula is C11H20N2O3. The molecule has 0 bridgehead atoms. The fourth-order valence-electron chi connectivity index (χ4n) is 1.93. The number of rotatable bonds is 4. The van der Waals surface area contributed by atoms with Crippen LogP contribution in [0.5, 0.6) is 0 Å². The van der Waals surface area contributed by atoms with Gasteiger partial charge in [0.15, 0.2) is 0 Å². The predicted octanol–water partition coefficient (Wildman–Crippen LogP) is 1.34. The highest BCUT2D eigenvalue weighted by Crippen LogP contribution is 2.29. The van der Waals surface area contributed by atoms with Gasteiger partial charge < -0.3 is 15.7 Å². The van der Waals surface area contributed by atoms with Crippen LogP contribution in [0.4, 0.5) is 4.79 Å². The molecule has 1 saturated carbocycles. The maximum Gasteiger partial charge on any atom is 0.329 e. The van der Waals surface area contributed by atoms with Gasteiger partial charge in [0.1, 0.15) is 5.54 Å². The Balaban J connectivity index is 2.49. The average molecular weight is 228 g/mol. The maximum atomic E-state index is 11.5. The molecule has 16 heavy (non-hydrogen) atoms. The molecule has 0 aromatic heterocycles. The smallest absolute Gasteiger partial charge is 0.329 e. The number of aliphatic carboxylic acids is 1. The number of carboxylic acids is 1. The van der Waals surface area contributed by atoms with Crippen molar-refractivity contribution in [3.05, 3.63) is 0 Å². The first-order valence-corrected chi connectivity index (χ1v) is 5.76. The third-order valence-electron chi connectivity index (χ3n) is 2.89. The van der Waals surface area contributed by atoms with Crippen LogP contribution in [0.2, 0.25) is 0 Å². The van der Waals surface area contributed by atoms with E-state index in [1.165, 1.54) is 0 Å². The van der Waals surface area contributed by atoms with E-state index in [0.717, 1.165) is 12.8 Å². The normalized spacial score (nSPS) is 18.4. The van der Waals surface area contributed by atoms with Crippen LogP contribution in [0, 0.1) is 5.92 Å². The summed E-state index contributed by atoms with van der Waals surface area (Å²) in [6, 6.07) is -0.377. The summed E-state index contributed by atoms with van der Waals surface area (Å²) in [7, 11) is 0. The molecule has 0 aromatic rings. The largest absolute Gasteiger partial charge is 0.480 e. The van der Waals surface area contributed by atoms with E-state index in [0.29, 0.717) is 25.3 Å². The molecule has 1 rings (SSSR count). The minimum atomic E-state index is -1.04. The molecule has 0 spiro atoms. The second-order valence-electron chi connectivity index (χ2n) is 4.82. The van der Waals surface area contributed by atoms with Crippen LogP contribution in [-0.2, 0) is 4.79 Å². The number of carboxylic acid groups (broad SMARTS) is 1. The van der Waals surface area contributed by atoms with E-state index in [1.54, 1.807) is 0 Å². The van der Waals surface area contributed by atoms with Crippen LogP contribution in [-0.4, -0.2) is 29.2 Å². The highest BCUT2D eigenvalue weighted by atomic mass is 16.4. The fourth-order valence-corrected chi connectivity index (χ4v) is 1.93. The van der Waals surface area contributed by atoms with E-state index in [4.69, 9.17) is 5.11 Å². The summed E-state index contributed by atoms with van der Waals surface area (Å²) < 4.78 is 0. The Labute approximate surface area is 95.6 Å². The SMILES string of the molecule is CC(C)CNC(=O)NC1(C(=O)O)CCCC1. The Morgan fingerprint density at radius 3 is 2.31 bits per heavy atom. The number of carbonyl (C=O) groups excluding carboxylic acids is 1. The van der Waals surface area contributed by atoms with E-state index in [1.807, 2.05) is 13.8 Å². The van der Waals surface area contributed by atoms with Crippen molar-refractivity contribution in [3.63, 3.8) is 0 Å². The molecule has 0 saturated heterocycles. The molecule has 5 heteroatoms. The Morgan fingerprint density at radius 1 is 1.31 bits per heavy atom. The van der Waals surface area contributed by atoms with Gasteiger partial charge in [-0.3, -0.25) is 0 Å². The van der Waals surface area contributed by atoms with E-state index < -0.39 is 11.5 Å². The molecule has 92 valence electrons. The number of hydrogen-bond acceptors (Lipinski definition) is 2. The third kappa shape index (κ3) is 3.12. The van der Waals surface area contributed by atoms with Gasteiger partial charge in [-0.15, -0.1) is 0 Å². The first kappa shape index (κ1) is 12.8. The van der Waals surface area contributed by atoms with E-state index in [-0.39, 0.29) is 6.03 Å². The summed E-state index contributed by atoms with van der Waals surface area (Å²) in [5.74, 6) is -0.570. The van der Waals surface area contributed by atoms with Crippen LogP contribution in [0.3, 0.4) is 0 Å². The van der Waals surface area contributed by atoms with Crippen LogP contribution in [0.15, 0.2) is 0 Å². The van der Waals surface area contributed by atoms with Crippen molar-refractivity contribution in [3.8, 4) is 0 Å². The molecule has 0 aromatic carbocycles. The lowest BCUT2D eigenvalue weighted by Gasteiger charge is -2.25. The number of carbonyl (C=O) groups is 2. The molecule has 1 aliphatic rings. The second kappa shape index (κ2) is 5.18. The molecule has 3 N–H and O–H groups in total. The summed E-state index contributed by atoms with van der Waals surface area (Å²) in [5, 5.41) is 14.4. The van der Waals surface area contributed by atoms with Crippen molar-refractivity contribution >= 4 is 12.0 Å². The zero-order valence-electron chi connectivity index (χ0n) is 9.88. The standard InChI is InChI=1S/C11H20N2O3/c1-8(2)7-12-10(16)13-11(9(14)15)5-3-4-6-11/h8H,3-7H2,1-2H3,(H,14,15)(H2,12,13,16). The Bertz CT molecular complexity index is 270. The van der Waals surface area contributed by atoms with E-state index >= 15 is 0 Å². The van der Waals surface area contributed by atoms with Gasteiger partial charge in [0.05, 0.1) is 0 Å². The molecule has 0 radical (unpaired) electrons. The second-order valence-corrected chi connectivity index (χ2v) is 4.82. The molecule has 1 fully saturated rings. The zero-order chi connectivity index (χ0) is 12.2. The summed E-state index contributed by atoms with van der Waals surface area (Å²) in [5.41, 5.74) is -1.04. The average Bonchev–Trinajstić information content (AvgIpc) is 2.64. The molecule has 0 unspecified atom stereocenters. The molecule has 0 heterocycles. The molecule has 5 nitrogen and oxygen atoms in total. The summed E-state index contributed by atoms with van der Waals surface area (Å²) >= 11 is 0. The zero-order valence-corrected chi connectivity index (χ0v) is 9.88. The first-order chi connectivity index (χ1) is 7.46. The highest BCUT2D eigenvalue weighted by molar-refractivity contribution is 5.86. The van der Waals surface area contributed by atoms with Crippen molar-refractivity contribution in [2.45, 2.75) is 45.1 Å². The van der Waals surface area contributed by atoms with Gasteiger partial charge in [0.2, 0.25) is 0 Å². The Hall–Kier alpha value is -1.26. The van der Waals surface area contributed by atoms with Gasteiger partial charge >= 0.3 is 12.0 Å². The summed E-state index contributed by atoms with van der Waals surface area (Å²) in [6.45, 7) is 4.53. The number of urea groups is 1. The lowest BCUT2D eigenvalue weighted by atomic mass is 9.98. The quantitative estimate of drug-likeness (QED) is 0.679. The fraction of sp³-hybridized carbons (Fsp3) is 0.818. The van der Waals surface area contributed by atoms with Crippen LogP contribution in [0.25, 0.3) is 0 Å². The lowest BCUT2D eigenvalue weighted by Crippen LogP contribution is -2.55. The summed E-state index contributed by atoms with van der Waals surface area (Å²) in [6.07, 6.45) is 2.77. The minimum absolute atomic E-state index is 0.357. The van der Waals surface area contributed by atoms with Gasteiger partial charge in [-0.25, -0.2) is 9.59 Å². The van der Waals surface area contributed by atoms with E-state index in [9.17, 15) is 9.59 Å². The molecule has 1 aliphatic carbocycles. The van der Waals surface area contributed by atoms with Crippen molar-refractivity contribution in [1.82, 2.24) is 10.6 Å². The monoisotopic (exact) mass is 228 g/mol. The molecule has 0 atom stereocenters. The van der Waals surface area contributed by atoms with E-state index in [2.05, 4.69) is 10.6 Å². The molecular weight excluding hydrogens is 208 g/mol. The molecule has 2 amide bonds. The first-order valence-electron chi connectivity index (χ1n) is 5.76. The van der Waals surface area contributed by atoms with Gasteiger partial charge in [-0.05, 0) is 18.8 Å². The van der Waals surface area contributed by atoms with Gasteiger partial charge in [0.25, 0.3) is 0 Å². The minimum Gasteiger partial charge on any atom is -0.480 e. The van der Waals surface area contributed by atoms with Crippen LogP contribution >= 0.6 is 0 Å². The highest BCUT2D eigenvalue weighted by Gasteiger charge is 2.42. The van der Waals surface area contributed by atoms with Gasteiger partial charge in [0, 0.05) is 6.54 Å².